The summed E-state index contributed by atoms with van der Waals surface area (Å²) >= 11 is 0. The van der Waals surface area contributed by atoms with Crippen LogP contribution in [-0.2, 0) is 0 Å². The van der Waals surface area contributed by atoms with Gasteiger partial charge in [-0.2, -0.15) is 0 Å². The molecular weight excluding hydrogens is 224 g/mol. The minimum atomic E-state index is 0.167. The standard InChI is InChI=1S/C15H20N2O/c1-11-6-14(8-16-7-11)15(18)17-9-12-4-2-3-5-13(12)10-17/h6-8,12-13H,2-5,9-10H2,1H3. The van der Waals surface area contributed by atoms with E-state index in [9.17, 15) is 4.79 Å². The van der Waals surface area contributed by atoms with Crippen LogP contribution in [0.3, 0.4) is 0 Å². The van der Waals surface area contributed by atoms with Crippen molar-refractivity contribution in [1.82, 2.24) is 9.88 Å². The maximum Gasteiger partial charge on any atom is 0.255 e. The Bertz CT molecular complexity index is 444. The summed E-state index contributed by atoms with van der Waals surface area (Å²) in [6, 6.07) is 1.94. The van der Waals surface area contributed by atoms with Gasteiger partial charge in [0.1, 0.15) is 0 Å². The van der Waals surface area contributed by atoms with Crippen LogP contribution >= 0.6 is 0 Å². The molecule has 3 heteroatoms. The van der Waals surface area contributed by atoms with Crippen LogP contribution in [-0.4, -0.2) is 28.9 Å². The number of rotatable bonds is 1. The van der Waals surface area contributed by atoms with Crippen molar-refractivity contribution in [3.63, 3.8) is 0 Å². The number of nitrogens with zero attached hydrogens (tertiary/aromatic N) is 2. The quantitative estimate of drug-likeness (QED) is 0.761. The van der Waals surface area contributed by atoms with Gasteiger partial charge < -0.3 is 4.90 Å². The maximum absolute atomic E-state index is 12.4. The summed E-state index contributed by atoms with van der Waals surface area (Å²) in [5.41, 5.74) is 1.80. The monoisotopic (exact) mass is 244 g/mol. The number of hydrogen-bond donors (Lipinski definition) is 0. The molecule has 1 aromatic heterocycles. The molecule has 0 spiro atoms. The molecule has 2 heterocycles. The maximum atomic E-state index is 12.4. The fourth-order valence-corrected chi connectivity index (χ4v) is 3.43. The van der Waals surface area contributed by atoms with Crippen LogP contribution in [0.15, 0.2) is 18.5 Å². The molecule has 18 heavy (non-hydrogen) atoms. The third-order valence-corrected chi connectivity index (χ3v) is 4.39. The van der Waals surface area contributed by atoms with Gasteiger partial charge in [0.05, 0.1) is 5.56 Å². The minimum Gasteiger partial charge on any atom is -0.338 e. The predicted octanol–water partition coefficient (Wildman–Crippen LogP) is 2.65. The van der Waals surface area contributed by atoms with Gasteiger partial charge in [0, 0.05) is 25.5 Å². The number of amides is 1. The van der Waals surface area contributed by atoms with E-state index in [1.165, 1.54) is 25.7 Å². The molecule has 2 atom stereocenters. The summed E-state index contributed by atoms with van der Waals surface area (Å²) in [7, 11) is 0. The molecule has 2 unspecified atom stereocenters. The molecule has 1 aliphatic carbocycles. The van der Waals surface area contributed by atoms with Gasteiger partial charge in [0.15, 0.2) is 0 Å². The molecule has 1 aromatic rings. The number of aryl methyl sites for hydroxylation is 1. The average Bonchev–Trinajstić information content (AvgIpc) is 2.81. The molecule has 1 amide bonds. The van der Waals surface area contributed by atoms with Crippen molar-refractivity contribution in [2.45, 2.75) is 32.6 Å². The lowest BCUT2D eigenvalue weighted by atomic mass is 9.82. The van der Waals surface area contributed by atoms with Crippen molar-refractivity contribution in [2.75, 3.05) is 13.1 Å². The van der Waals surface area contributed by atoms with E-state index in [1.54, 1.807) is 12.4 Å². The van der Waals surface area contributed by atoms with Crippen LogP contribution in [0.5, 0.6) is 0 Å². The Morgan fingerprint density at radius 3 is 2.50 bits per heavy atom. The van der Waals surface area contributed by atoms with Crippen molar-refractivity contribution in [3.8, 4) is 0 Å². The van der Waals surface area contributed by atoms with Gasteiger partial charge in [-0.05, 0) is 43.2 Å². The highest BCUT2D eigenvalue weighted by Crippen LogP contribution is 2.36. The zero-order valence-corrected chi connectivity index (χ0v) is 10.9. The first kappa shape index (κ1) is 11.7. The van der Waals surface area contributed by atoms with E-state index < -0.39 is 0 Å². The summed E-state index contributed by atoms with van der Waals surface area (Å²) in [5.74, 6) is 1.67. The van der Waals surface area contributed by atoms with Crippen LogP contribution in [0.1, 0.15) is 41.6 Å². The fraction of sp³-hybridized carbons (Fsp3) is 0.600. The first-order chi connectivity index (χ1) is 8.74. The molecule has 0 bridgehead atoms. The van der Waals surface area contributed by atoms with E-state index in [4.69, 9.17) is 0 Å². The number of hydrogen-bond acceptors (Lipinski definition) is 2. The molecule has 0 N–H and O–H groups in total. The van der Waals surface area contributed by atoms with Crippen LogP contribution < -0.4 is 0 Å². The van der Waals surface area contributed by atoms with Gasteiger partial charge in [0.25, 0.3) is 5.91 Å². The highest BCUT2D eigenvalue weighted by molar-refractivity contribution is 5.94. The Balaban J connectivity index is 1.74. The molecule has 0 radical (unpaired) electrons. The summed E-state index contributed by atoms with van der Waals surface area (Å²) < 4.78 is 0. The largest absolute Gasteiger partial charge is 0.338 e. The highest BCUT2D eigenvalue weighted by Gasteiger charge is 2.36. The van der Waals surface area contributed by atoms with Crippen molar-refractivity contribution in [3.05, 3.63) is 29.6 Å². The summed E-state index contributed by atoms with van der Waals surface area (Å²) in [6.45, 7) is 3.89. The number of aromatic nitrogens is 1. The van der Waals surface area contributed by atoms with Gasteiger partial charge >= 0.3 is 0 Å². The van der Waals surface area contributed by atoms with Crippen molar-refractivity contribution in [2.24, 2.45) is 11.8 Å². The zero-order valence-electron chi connectivity index (χ0n) is 10.9. The number of carbonyl (C=O) groups excluding carboxylic acids is 1. The van der Waals surface area contributed by atoms with E-state index in [-0.39, 0.29) is 5.91 Å². The summed E-state index contributed by atoms with van der Waals surface area (Å²) in [5, 5.41) is 0. The second-order valence-electron chi connectivity index (χ2n) is 5.77. The Hall–Kier alpha value is -1.38. The van der Waals surface area contributed by atoms with Gasteiger partial charge in [-0.1, -0.05) is 12.8 Å². The van der Waals surface area contributed by atoms with Gasteiger partial charge in [0.2, 0.25) is 0 Å². The number of likely N-dealkylation sites (tertiary alicyclic amines) is 1. The molecule has 3 rings (SSSR count). The van der Waals surface area contributed by atoms with Gasteiger partial charge in [-0.25, -0.2) is 0 Å². The van der Waals surface area contributed by atoms with Crippen molar-refractivity contribution < 1.29 is 4.79 Å². The summed E-state index contributed by atoms with van der Waals surface area (Å²) in [6.07, 6.45) is 8.78. The van der Waals surface area contributed by atoms with Crippen molar-refractivity contribution in [1.29, 1.82) is 0 Å². The Labute approximate surface area is 108 Å². The molecule has 0 aromatic carbocycles. The second kappa shape index (κ2) is 4.71. The third kappa shape index (κ3) is 2.14. The first-order valence-electron chi connectivity index (χ1n) is 6.95. The predicted molar refractivity (Wildman–Crippen MR) is 70.3 cm³/mol. The fourth-order valence-electron chi connectivity index (χ4n) is 3.43. The highest BCUT2D eigenvalue weighted by atomic mass is 16.2. The molecular formula is C15H20N2O. The minimum absolute atomic E-state index is 0.167. The number of pyridine rings is 1. The lowest BCUT2D eigenvalue weighted by Crippen LogP contribution is -2.29. The molecule has 96 valence electrons. The smallest absolute Gasteiger partial charge is 0.255 e. The Morgan fingerprint density at radius 1 is 1.22 bits per heavy atom. The van der Waals surface area contributed by atoms with Crippen LogP contribution in [0.25, 0.3) is 0 Å². The zero-order chi connectivity index (χ0) is 12.5. The second-order valence-corrected chi connectivity index (χ2v) is 5.77. The lowest BCUT2D eigenvalue weighted by molar-refractivity contribution is 0.0783. The molecule has 1 saturated carbocycles. The molecule has 1 saturated heterocycles. The molecule has 1 aliphatic heterocycles. The molecule has 2 fully saturated rings. The van der Waals surface area contributed by atoms with Crippen LogP contribution in [0.4, 0.5) is 0 Å². The van der Waals surface area contributed by atoms with Gasteiger partial charge in [-0.3, -0.25) is 9.78 Å². The topological polar surface area (TPSA) is 33.2 Å². The normalized spacial score (nSPS) is 27.1. The van der Waals surface area contributed by atoms with E-state index >= 15 is 0 Å². The Morgan fingerprint density at radius 2 is 1.89 bits per heavy atom. The number of carbonyl (C=O) groups is 1. The van der Waals surface area contributed by atoms with E-state index in [2.05, 4.69) is 4.98 Å². The van der Waals surface area contributed by atoms with Gasteiger partial charge in [-0.15, -0.1) is 0 Å². The first-order valence-corrected chi connectivity index (χ1v) is 6.95. The van der Waals surface area contributed by atoms with E-state index in [0.29, 0.717) is 0 Å². The van der Waals surface area contributed by atoms with E-state index in [1.807, 2.05) is 17.9 Å². The Kier molecular flexibility index (Phi) is 3.06. The van der Waals surface area contributed by atoms with Crippen LogP contribution in [0.2, 0.25) is 0 Å². The third-order valence-electron chi connectivity index (χ3n) is 4.39. The molecule has 2 aliphatic rings. The SMILES string of the molecule is Cc1cncc(C(=O)N2CC3CCCCC3C2)c1. The molecule has 3 nitrogen and oxygen atoms in total. The summed E-state index contributed by atoms with van der Waals surface area (Å²) in [4.78, 5) is 18.6. The lowest BCUT2D eigenvalue weighted by Gasteiger charge is -2.22. The van der Waals surface area contributed by atoms with Crippen molar-refractivity contribution >= 4 is 5.91 Å². The van der Waals surface area contributed by atoms with E-state index in [0.717, 1.165) is 36.1 Å². The van der Waals surface area contributed by atoms with Crippen LogP contribution in [0, 0.1) is 18.8 Å². The number of fused-ring (bicyclic) bond motifs is 1. The average molecular weight is 244 g/mol.